The molecule has 1 aliphatic rings. The van der Waals surface area contributed by atoms with Crippen LogP contribution in [0.1, 0.15) is 0 Å². The summed E-state index contributed by atoms with van der Waals surface area (Å²) < 4.78 is 0. The van der Waals surface area contributed by atoms with Gasteiger partial charge >= 0.3 is 12.1 Å². The van der Waals surface area contributed by atoms with Gasteiger partial charge in [-0.2, -0.15) is 0 Å². The zero-order valence-electron chi connectivity index (χ0n) is 9.73. The summed E-state index contributed by atoms with van der Waals surface area (Å²) in [6.45, 7) is -0.345. The lowest BCUT2D eigenvalue weighted by Crippen LogP contribution is -2.60. The van der Waals surface area contributed by atoms with Gasteiger partial charge in [0.2, 0.25) is 5.28 Å². The summed E-state index contributed by atoms with van der Waals surface area (Å²) in [5.74, 6) is 0.0528. The van der Waals surface area contributed by atoms with E-state index in [-0.39, 0.29) is 22.5 Å². The smallest absolute Gasteiger partial charge is 0.374 e. The van der Waals surface area contributed by atoms with Gasteiger partial charge in [0.25, 0.3) is 0 Å². The fourth-order valence-electron chi connectivity index (χ4n) is 1.87. The highest BCUT2D eigenvalue weighted by atomic mass is 35.5. The number of urea groups is 1. The fraction of sp³-hybridized carbons (Fsp3) is 0.375. The van der Waals surface area contributed by atoms with Crippen molar-refractivity contribution in [2.75, 3.05) is 11.4 Å². The average molecular weight is 288 g/mol. The second-order valence-corrected chi connectivity index (χ2v) is 4.54. The van der Waals surface area contributed by atoms with Crippen molar-refractivity contribution in [1.82, 2.24) is 14.9 Å². The first kappa shape index (κ1) is 14.0. The van der Waals surface area contributed by atoms with Crippen LogP contribution in [0.5, 0.6) is 0 Å². The van der Waals surface area contributed by atoms with Crippen molar-refractivity contribution in [2.45, 2.75) is 11.7 Å². The van der Waals surface area contributed by atoms with E-state index < -0.39 is 17.8 Å². The van der Waals surface area contributed by atoms with Crippen molar-refractivity contribution in [3.8, 4) is 0 Å². The Morgan fingerprint density at radius 2 is 2.11 bits per heavy atom. The highest BCUT2D eigenvalue weighted by Gasteiger charge is 2.54. The molecule has 2 amide bonds. The van der Waals surface area contributed by atoms with E-state index in [9.17, 15) is 9.90 Å². The fourth-order valence-corrected chi connectivity index (χ4v) is 2.01. The number of carbonyl (C=O) groups excluding carboxylic acids is 1. The van der Waals surface area contributed by atoms with Crippen molar-refractivity contribution in [3.63, 3.8) is 0 Å². The Kier molecular flexibility index (Phi) is 3.15. The lowest BCUT2D eigenvalue weighted by Gasteiger charge is -2.34. The molecule has 0 spiro atoms. The molecule has 0 saturated carbocycles. The van der Waals surface area contributed by atoms with E-state index in [0.29, 0.717) is 0 Å². The molecule has 0 bridgehead atoms. The van der Waals surface area contributed by atoms with Gasteiger partial charge in [-0.05, 0) is 17.7 Å². The summed E-state index contributed by atoms with van der Waals surface area (Å²) in [7, 11) is 1.13. The number of hydrogen-bond acceptors (Lipinski definition) is 7. The Morgan fingerprint density at radius 3 is 2.58 bits per heavy atom. The minimum atomic E-state index is -3.49. The molecule has 0 radical (unpaired) electrons. The van der Waals surface area contributed by atoms with Crippen molar-refractivity contribution in [3.05, 3.63) is 17.5 Å². The molecule has 1 unspecified atom stereocenters. The molecule has 19 heavy (non-hydrogen) atoms. The Labute approximate surface area is 113 Å². The first-order valence-electron chi connectivity index (χ1n) is 5.13. The van der Waals surface area contributed by atoms with E-state index in [0.717, 1.165) is 12.7 Å². The zero-order valence-corrected chi connectivity index (χ0v) is 10.5. The molecule has 1 aromatic rings. The van der Waals surface area contributed by atoms with Crippen molar-refractivity contribution >= 4 is 31.3 Å². The third-order valence-electron chi connectivity index (χ3n) is 2.55. The lowest BCUT2D eigenvalue weighted by atomic mass is 9.90. The number of β-amino-alcohol motifs (C(OH)–C–C–N with tert-alkyl or cyclic N) is 1. The van der Waals surface area contributed by atoms with Crippen LogP contribution in [0.3, 0.4) is 0 Å². The molecule has 2 heterocycles. The van der Waals surface area contributed by atoms with Crippen LogP contribution in [0.25, 0.3) is 0 Å². The molecule has 4 N–H and O–H groups in total. The van der Waals surface area contributed by atoms with Crippen LogP contribution in [-0.4, -0.2) is 67.4 Å². The SMILES string of the molecule is BC1(O)CN(c2ccnc(Cl)n2)C(=O)N1C(O)(O)O. The number of hydrogen-bond donors (Lipinski definition) is 4. The number of amides is 2. The Bertz CT molecular complexity index is 522. The van der Waals surface area contributed by atoms with Crippen LogP contribution in [0.4, 0.5) is 10.6 Å². The molecule has 11 heteroatoms. The number of halogens is 1. The van der Waals surface area contributed by atoms with Gasteiger partial charge in [-0.25, -0.2) is 19.7 Å². The summed E-state index contributed by atoms with van der Waals surface area (Å²) in [6.07, 6.45) is -2.20. The zero-order chi connectivity index (χ0) is 14.4. The van der Waals surface area contributed by atoms with Gasteiger partial charge in [0.15, 0.2) is 7.85 Å². The summed E-state index contributed by atoms with van der Waals surface area (Å²) in [6, 6.07) is 0.296. The molecule has 1 aliphatic heterocycles. The van der Waals surface area contributed by atoms with Crippen molar-refractivity contribution in [1.29, 1.82) is 0 Å². The first-order valence-corrected chi connectivity index (χ1v) is 5.50. The number of carbonyl (C=O) groups is 1. The van der Waals surface area contributed by atoms with E-state index in [1.54, 1.807) is 0 Å². The van der Waals surface area contributed by atoms with Crippen molar-refractivity contribution in [2.24, 2.45) is 0 Å². The minimum Gasteiger partial charge on any atom is -0.377 e. The molecule has 1 atom stereocenters. The monoisotopic (exact) mass is 288 g/mol. The average Bonchev–Trinajstić information content (AvgIpc) is 2.47. The molecular formula is C8H10BClN4O5. The maximum atomic E-state index is 12.0. The third-order valence-corrected chi connectivity index (χ3v) is 2.73. The standard InChI is InChI=1S/C8H10BClN4O5/c9-7(16)3-13(4-1-2-11-5(10)12-4)6(15)14(7)8(17,18)19/h1-2,16-19H,3,9H2. The largest absolute Gasteiger partial charge is 0.377 e. The summed E-state index contributed by atoms with van der Waals surface area (Å²) in [5, 5.41) is 37.2. The summed E-state index contributed by atoms with van der Waals surface area (Å²) in [5.41, 5.74) is -2.01. The Morgan fingerprint density at radius 1 is 1.47 bits per heavy atom. The van der Waals surface area contributed by atoms with Gasteiger partial charge < -0.3 is 20.4 Å². The topological polar surface area (TPSA) is 130 Å². The number of rotatable bonds is 2. The van der Waals surface area contributed by atoms with E-state index in [4.69, 9.17) is 26.9 Å². The van der Waals surface area contributed by atoms with E-state index in [1.807, 2.05) is 0 Å². The number of aromatic nitrogens is 2. The van der Waals surface area contributed by atoms with Gasteiger partial charge in [0.1, 0.15) is 11.4 Å². The predicted molar refractivity (Wildman–Crippen MR) is 64.5 cm³/mol. The molecule has 102 valence electrons. The van der Waals surface area contributed by atoms with Gasteiger partial charge in [-0.1, -0.05) is 0 Å². The molecule has 2 rings (SSSR count). The molecule has 1 aromatic heterocycles. The number of aliphatic hydroxyl groups is 4. The van der Waals surface area contributed by atoms with Crippen LogP contribution in [0.15, 0.2) is 12.3 Å². The van der Waals surface area contributed by atoms with Crippen LogP contribution in [0.2, 0.25) is 5.28 Å². The maximum Gasteiger partial charge on any atom is 0.374 e. The third kappa shape index (κ3) is 2.48. The summed E-state index contributed by atoms with van der Waals surface area (Å²) >= 11 is 5.58. The second-order valence-electron chi connectivity index (χ2n) is 4.20. The van der Waals surface area contributed by atoms with Gasteiger partial charge in [-0.15, -0.1) is 0 Å². The second kappa shape index (κ2) is 4.29. The minimum absolute atomic E-state index is 0.0528. The molecule has 0 aliphatic carbocycles. The van der Waals surface area contributed by atoms with Crippen LogP contribution in [0, 0.1) is 0 Å². The molecule has 0 aromatic carbocycles. The van der Waals surface area contributed by atoms with Crippen LogP contribution >= 0.6 is 11.6 Å². The number of anilines is 1. The van der Waals surface area contributed by atoms with Gasteiger partial charge in [0.05, 0.1) is 6.54 Å². The summed E-state index contributed by atoms with van der Waals surface area (Å²) in [4.78, 5) is 20.4. The normalized spacial score (nSPS) is 24.2. The van der Waals surface area contributed by atoms with Crippen LogP contribution in [-0.2, 0) is 0 Å². The highest BCUT2D eigenvalue weighted by molar-refractivity contribution is 6.28. The van der Waals surface area contributed by atoms with Crippen LogP contribution < -0.4 is 4.90 Å². The molecular weight excluding hydrogens is 278 g/mol. The van der Waals surface area contributed by atoms with E-state index >= 15 is 0 Å². The van der Waals surface area contributed by atoms with Crippen molar-refractivity contribution < 1.29 is 25.2 Å². The van der Waals surface area contributed by atoms with E-state index in [2.05, 4.69) is 9.97 Å². The predicted octanol–water partition coefficient (Wildman–Crippen LogP) is -2.76. The lowest BCUT2D eigenvalue weighted by molar-refractivity contribution is -0.396. The highest BCUT2D eigenvalue weighted by Crippen LogP contribution is 2.29. The maximum absolute atomic E-state index is 12.0. The van der Waals surface area contributed by atoms with Gasteiger partial charge in [-0.3, -0.25) is 4.90 Å². The molecule has 9 nitrogen and oxygen atoms in total. The number of nitrogens with zero attached hydrogens (tertiary/aromatic N) is 4. The Balaban J connectivity index is 2.39. The van der Waals surface area contributed by atoms with E-state index in [1.165, 1.54) is 12.3 Å². The molecule has 1 saturated heterocycles. The Hall–Kier alpha value is -1.46. The van der Waals surface area contributed by atoms with Gasteiger partial charge in [0, 0.05) is 6.20 Å². The molecule has 1 fully saturated rings. The first-order chi connectivity index (χ1) is 8.63. The quantitative estimate of drug-likeness (QED) is 0.263.